The number of rotatable bonds is 7. The number of aromatic amines is 1. The number of aromatic nitrogens is 2. The maximum absolute atomic E-state index is 5.76. The van der Waals surface area contributed by atoms with Gasteiger partial charge in [-0.15, -0.1) is 0 Å². The highest BCUT2D eigenvalue weighted by atomic mass is 15.2. The van der Waals surface area contributed by atoms with Crippen LogP contribution in [0.2, 0.25) is 0 Å². The van der Waals surface area contributed by atoms with Crippen LogP contribution in [0.15, 0.2) is 0 Å². The average molecular weight is 209 g/mol. The molecule has 0 aliphatic carbocycles. The molecule has 3 nitrogen and oxygen atoms in total. The van der Waals surface area contributed by atoms with Crippen molar-refractivity contribution in [3.05, 3.63) is 11.3 Å². The molecule has 0 amide bonds. The topological polar surface area (TPSA) is 54.7 Å². The van der Waals surface area contributed by atoms with Crippen molar-refractivity contribution in [1.29, 1.82) is 0 Å². The van der Waals surface area contributed by atoms with Crippen LogP contribution in [-0.4, -0.2) is 10.2 Å². The summed E-state index contributed by atoms with van der Waals surface area (Å²) in [4.78, 5) is 0. The third-order valence-electron chi connectivity index (χ3n) is 2.87. The van der Waals surface area contributed by atoms with Gasteiger partial charge in [0.1, 0.15) is 5.82 Å². The lowest BCUT2D eigenvalue weighted by molar-refractivity contribution is 0.626. The van der Waals surface area contributed by atoms with Crippen LogP contribution >= 0.6 is 0 Å². The van der Waals surface area contributed by atoms with Gasteiger partial charge in [0.05, 0.1) is 0 Å². The fourth-order valence-corrected chi connectivity index (χ4v) is 1.92. The van der Waals surface area contributed by atoms with Crippen LogP contribution in [0.25, 0.3) is 0 Å². The van der Waals surface area contributed by atoms with E-state index in [9.17, 15) is 0 Å². The molecule has 0 saturated carbocycles. The zero-order chi connectivity index (χ0) is 11.1. The molecule has 1 aromatic rings. The number of nitrogens with zero attached hydrogens (tertiary/aromatic N) is 1. The zero-order valence-corrected chi connectivity index (χ0v) is 9.97. The van der Waals surface area contributed by atoms with Gasteiger partial charge in [0.15, 0.2) is 0 Å². The Morgan fingerprint density at radius 1 is 1.13 bits per heavy atom. The van der Waals surface area contributed by atoms with Crippen molar-refractivity contribution >= 4 is 5.82 Å². The van der Waals surface area contributed by atoms with Gasteiger partial charge < -0.3 is 5.73 Å². The number of unbranched alkanes of at least 4 members (excludes halogenated alkanes) is 4. The molecule has 0 radical (unpaired) electrons. The third kappa shape index (κ3) is 3.57. The monoisotopic (exact) mass is 209 g/mol. The lowest BCUT2D eigenvalue weighted by Crippen LogP contribution is -1.94. The van der Waals surface area contributed by atoms with Gasteiger partial charge in [-0.05, 0) is 19.3 Å². The normalized spacial score (nSPS) is 10.8. The summed E-state index contributed by atoms with van der Waals surface area (Å²) in [6.07, 6.45) is 8.64. The van der Waals surface area contributed by atoms with Crippen molar-refractivity contribution in [2.45, 2.75) is 58.8 Å². The summed E-state index contributed by atoms with van der Waals surface area (Å²) < 4.78 is 0. The number of nitrogens with two attached hydrogens (primary N) is 1. The highest BCUT2D eigenvalue weighted by Crippen LogP contribution is 2.16. The summed E-state index contributed by atoms with van der Waals surface area (Å²) in [5.41, 5.74) is 8.22. The molecular weight excluding hydrogens is 186 g/mol. The molecular formula is C12H23N3. The van der Waals surface area contributed by atoms with Crippen molar-refractivity contribution < 1.29 is 0 Å². The molecule has 0 aromatic carbocycles. The zero-order valence-electron chi connectivity index (χ0n) is 9.97. The van der Waals surface area contributed by atoms with Crippen LogP contribution < -0.4 is 5.73 Å². The highest BCUT2D eigenvalue weighted by Gasteiger charge is 2.07. The quantitative estimate of drug-likeness (QED) is 0.678. The fraction of sp³-hybridized carbons (Fsp3) is 0.750. The fourth-order valence-electron chi connectivity index (χ4n) is 1.92. The van der Waals surface area contributed by atoms with Gasteiger partial charge in [-0.25, -0.2) is 0 Å². The molecule has 15 heavy (non-hydrogen) atoms. The minimum Gasteiger partial charge on any atom is -0.382 e. The maximum Gasteiger partial charge on any atom is 0.148 e. The van der Waals surface area contributed by atoms with E-state index in [-0.39, 0.29) is 0 Å². The van der Waals surface area contributed by atoms with Crippen LogP contribution in [0, 0.1) is 0 Å². The van der Waals surface area contributed by atoms with Crippen LogP contribution in [0.4, 0.5) is 5.82 Å². The van der Waals surface area contributed by atoms with Crippen molar-refractivity contribution in [1.82, 2.24) is 10.2 Å². The number of anilines is 1. The molecule has 0 bridgehead atoms. The van der Waals surface area contributed by atoms with E-state index in [1.165, 1.54) is 43.4 Å². The van der Waals surface area contributed by atoms with E-state index in [1.807, 2.05) is 0 Å². The lowest BCUT2D eigenvalue weighted by atomic mass is 10.1. The smallest absolute Gasteiger partial charge is 0.148 e. The van der Waals surface area contributed by atoms with Crippen LogP contribution in [-0.2, 0) is 12.8 Å². The van der Waals surface area contributed by atoms with Crippen molar-refractivity contribution in [2.24, 2.45) is 0 Å². The summed E-state index contributed by atoms with van der Waals surface area (Å²) in [7, 11) is 0. The van der Waals surface area contributed by atoms with E-state index in [1.54, 1.807) is 0 Å². The van der Waals surface area contributed by atoms with E-state index in [0.717, 1.165) is 12.8 Å². The second-order valence-electron chi connectivity index (χ2n) is 4.08. The molecule has 1 aromatic heterocycles. The summed E-state index contributed by atoms with van der Waals surface area (Å²) in [5, 5.41) is 7.10. The van der Waals surface area contributed by atoms with Gasteiger partial charge in [0.25, 0.3) is 0 Å². The standard InChI is InChI=1S/C12H23N3/c1-3-5-6-7-8-9-11-10(4-2)12(13)15-14-11/h3-9H2,1-2H3,(H3,13,14,15). The summed E-state index contributed by atoms with van der Waals surface area (Å²) in [5.74, 6) is 0.682. The largest absolute Gasteiger partial charge is 0.382 e. The van der Waals surface area contributed by atoms with E-state index in [2.05, 4.69) is 24.0 Å². The van der Waals surface area contributed by atoms with Crippen molar-refractivity contribution in [3.8, 4) is 0 Å². The molecule has 0 spiro atoms. The molecule has 86 valence electrons. The first-order valence-corrected chi connectivity index (χ1v) is 6.11. The molecule has 0 fully saturated rings. The van der Waals surface area contributed by atoms with Crippen LogP contribution in [0.3, 0.4) is 0 Å². The molecule has 3 heteroatoms. The van der Waals surface area contributed by atoms with Gasteiger partial charge in [-0.1, -0.05) is 39.5 Å². The van der Waals surface area contributed by atoms with Gasteiger partial charge in [-0.2, -0.15) is 5.10 Å². The van der Waals surface area contributed by atoms with Gasteiger partial charge in [-0.3, -0.25) is 5.10 Å². The molecule has 0 saturated heterocycles. The number of nitrogen functional groups attached to an aromatic ring is 1. The highest BCUT2D eigenvalue weighted by molar-refractivity contribution is 5.41. The Kier molecular flexibility index (Phi) is 5.22. The Labute approximate surface area is 92.5 Å². The van der Waals surface area contributed by atoms with E-state index >= 15 is 0 Å². The number of hydrogen-bond donors (Lipinski definition) is 2. The lowest BCUT2D eigenvalue weighted by Gasteiger charge is -2.01. The molecule has 0 unspecified atom stereocenters. The van der Waals surface area contributed by atoms with Crippen molar-refractivity contribution in [3.63, 3.8) is 0 Å². The summed E-state index contributed by atoms with van der Waals surface area (Å²) in [6, 6.07) is 0. The Balaban J connectivity index is 2.30. The van der Waals surface area contributed by atoms with Gasteiger partial charge >= 0.3 is 0 Å². The number of H-pyrrole nitrogens is 1. The SMILES string of the molecule is CCCCCCCc1[nH]nc(N)c1CC. The second-order valence-corrected chi connectivity index (χ2v) is 4.08. The van der Waals surface area contributed by atoms with Crippen LogP contribution in [0.1, 0.15) is 57.2 Å². The molecule has 1 rings (SSSR count). The van der Waals surface area contributed by atoms with E-state index < -0.39 is 0 Å². The Hall–Kier alpha value is -0.990. The van der Waals surface area contributed by atoms with Crippen LogP contribution in [0.5, 0.6) is 0 Å². The number of hydrogen-bond acceptors (Lipinski definition) is 2. The molecule has 0 atom stereocenters. The van der Waals surface area contributed by atoms with Gasteiger partial charge in [0.2, 0.25) is 0 Å². The van der Waals surface area contributed by atoms with E-state index in [0.29, 0.717) is 5.82 Å². The summed E-state index contributed by atoms with van der Waals surface area (Å²) >= 11 is 0. The summed E-state index contributed by atoms with van der Waals surface area (Å²) in [6.45, 7) is 4.37. The first-order chi connectivity index (χ1) is 7.29. The first-order valence-electron chi connectivity index (χ1n) is 6.11. The third-order valence-corrected chi connectivity index (χ3v) is 2.87. The maximum atomic E-state index is 5.76. The molecule has 0 aliphatic heterocycles. The number of aryl methyl sites for hydroxylation is 1. The molecule has 3 N–H and O–H groups in total. The second kappa shape index (κ2) is 6.49. The Morgan fingerprint density at radius 3 is 2.53 bits per heavy atom. The molecule has 1 heterocycles. The van der Waals surface area contributed by atoms with Crippen molar-refractivity contribution in [2.75, 3.05) is 5.73 Å². The average Bonchev–Trinajstić information content (AvgIpc) is 2.59. The predicted molar refractivity (Wildman–Crippen MR) is 64.8 cm³/mol. The Bertz CT molecular complexity index is 278. The Morgan fingerprint density at radius 2 is 1.87 bits per heavy atom. The van der Waals surface area contributed by atoms with Gasteiger partial charge in [0, 0.05) is 11.3 Å². The minimum atomic E-state index is 0.682. The minimum absolute atomic E-state index is 0.682. The predicted octanol–water partition coefficient (Wildman–Crippen LogP) is 3.07. The van der Waals surface area contributed by atoms with E-state index in [4.69, 9.17) is 5.73 Å². The first kappa shape index (κ1) is 12.1. The number of nitrogens with one attached hydrogen (secondary N) is 1. The molecule has 0 aliphatic rings.